The normalized spacial score (nSPS) is 11.0. The predicted octanol–water partition coefficient (Wildman–Crippen LogP) is 4.21. The number of hydrogen-bond acceptors (Lipinski definition) is 6. The molecule has 0 aliphatic rings. The fraction of sp³-hybridized carbons (Fsp3) is 0.150. The third kappa shape index (κ3) is 3.29. The summed E-state index contributed by atoms with van der Waals surface area (Å²) >= 11 is 1.61. The Kier molecular flexibility index (Phi) is 4.86. The van der Waals surface area contributed by atoms with Crippen LogP contribution in [0.4, 0.5) is 5.82 Å². The van der Waals surface area contributed by atoms with E-state index >= 15 is 0 Å². The van der Waals surface area contributed by atoms with Crippen LogP contribution in [0.3, 0.4) is 0 Å². The summed E-state index contributed by atoms with van der Waals surface area (Å²) in [5.74, 6) is 1.45. The molecule has 2 N–H and O–H groups in total. The average Bonchev–Trinajstić information content (AvgIpc) is 3.14. The van der Waals surface area contributed by atoms with Gasteiger partial charge in [0.05, 0.1) is 5.39 Å². The number of aromatic nitrogens is 3. The van der Waals surface area contributed by atoms with Gasteiger partial charge in [0.25, 0.3) is 0 Å². The second-order valence-corrected chi connectivity index (χ2v) is 6.70. The van der Waals surface area contributed by atoms with Crippen LogP contribution in [0.5, 0.6) is 0 Å². The lowest BCUT2D eigenvalue weighted by Crippen LogP contribution is -2.07. The monoisotopic (exact) mass is 362 g/mol. The summed E-state index contributed by atoms with van der Waals surface area (Å²) in [6, 6.07) is 14.1. The molecule has 0 saturated carbocycles. The largest absolute Gasteiger partial charge is 0.396 e. The standard InChI is InChI=1S/C20H18N4OS/c25-11-5-10-22-19-17-16(14-6-2-1-3-7-14)13-26-20(17)24-18(23-19)15-8-4-9-21-12-15/h1-4,6-9,12-13,25H,5,10-11H2,(H,22,23,24). The zero-order valence-corrected chi connectivity index (χ0v) is 14.9. The number of aliphatic hydroxyl groups excluding tert-OH is 1. The zero-order chi connectivity index (χ0) is 17.8. The van der Waals surface area contributed by atoms with Crippen LogP contribution < -0.4 is 5.32 Å². The maximum Gasteiger partial charge on any atom is 0.164 e. The van der Waals surface area contributed by atoms with Crippen molar-refractivity contribution >= 4 is 27.4 Å². The molecule has 0 atom stereocenters. The molecule has 0 amide bonds. The number of pyridine rings is 1. The molecule has 1 aromatic carbocycles. The summed E-state index contributed by atoms with van der Waals surface area (Å²) in [4.78, 5) is 14.6. The Morgan fingerprint density at radius 2 is 1.85 bits per heavy atom. The molecule has 0 aliphatic heterocycles. The number of benzene rings is 1. The minimum absolute atomic E-state index is 0.145. The third-order valence-corrected chi connectivity index (χ3v) is 4.94. The van der Waals surface area contributed by atoms with Crippen molar-refractivity contribution < 1.29 is 5.11 Å². The molecular formula is C20H18N4OS. The molecule has 4 aromatic rings. The maximum absolute atomic E-state index is 9.10. The van der Waals surface area contributed by atoms with Gasteiger partial charge in [-0.15, -0.1) is 11.3 Å². The molecule has 0 bridgehead atoms. The van der Waals surface area contributed by atoms with Gasteiger partial charge >= 0.3 is 0 Å². The van der Waals surface area contributed by atoms with Crippen molar-refractivity contribution in [2.75, 3.05) is 18.5 Å². The number of rotatable bonds is 6. The summed E-state index contributed by atoms with van der Waals surface area (Å²) in [5.41, 5.74) is 3.14. The Morgan fingerprint density at radius 3 is 2.62 bits per heavy atom. The van der Waals surface area contributed by atoms with E-state index in [-0.39, 0.29) is 6.61 Å². The fourth-order valence-electron chi connectivity index (χ4n) is 2.81. The molecule has 0 fully saturated rings. The molecule has 26 heavy (non-hydrogen) atoms. The molecule has 6 heteroatoms. The van der Waals surface area contributed by atoms with E-state index in [2.05, 4.69) is 27.8 Å². The topological polar surface area (TPSA) is 70.9 Å². The Bertz CT molecular complexity index is 1000. The van der Waals surface area contributed by atoms with E-state index in [0.29, 0.717) is 18.8 Å². The van der Waals surface area contributed by atoms with Crippen molar-refractivity contribution in [3.63, 3.8) is 0 Å². The van der Waals surface area contributed by atoms with Crippen molar-refractivity contribution in [3.05, 3.63) is 60.2 Å². The van der Waals surface area contributed by atoms with Crippen LogP contribution >= 0.6 is 11.3 Å². The van der Waals surface area contributed by atoms with Crippen LogP contribution in [0.15, 0.2) is 60.2 Å². The average molecular weight is 362 g/mol. The molecule has 0 radical (unpaired) electrons. The van der Waals surface area contributed by atoms with Crippen LogP contribution in [-0.2, 0) is 0 Å². The molecule has 3 aromatic heterocycles. The van der Waals surface area contributed by atoms with Gasteiger partial charge in [-0.2, -0.15) is 0 Å². The molecule has 3 heterocycles. The number of anilines is 1. The summed E-state index contributed by atoms with van der Waals surface area (Å²) < 4.78 is 0. The van der Waals surface area contributed by atoms with Crippen LogP contribution in [-0.4, -0.2) is 33.2 Å². The Labute approximate surface area is 155 Å². The maximum atomic E-state index is 9.10. The number of fused-ring (bicyclic) bond motifs is 1. The summed E-state index contributed by atoms with van der Waals surface area (Å²) in [7, 11) is 0. The quantitative estimate of drug-likeness (QED) is 0.503. The van der Waals surface area contributed by atoms with Crippen molar-refractivity contribution in [3.8, 4) is 22.5 Å². The van der Waals surface area contributed by atoms with Gasteiger partial charge in [-0.05, 0) is 24.1 Å². The summed E-state index contributed by atoms with van der Waals surface area (Å²) in [6.45, 7) is 0.797. The molecule has 0 aliphatic carbocycles. The first-order valence-electron chi connectivity index (χ1n) is 8.46. The van der Waals surface area contributed by atoms with Gasteiger partial charge in [-0.1, -0.05) is 30.3 Å². The van der Waals surface area contributed by atoms with Crippen LogP contribution in [0.25, 0.3) is 32.7 Å². The van der Waals surface area contributed by atoms with E-state index in [0.717, 1.165) is 32.7 Å². The van der Waals surface area contributed by atoms with E-state index < -0.39 is 0 Å². The zero-order valence-electron chi connectivity index (χ0n) is 14.1. The Balaban J connectivity index is 1.86. The van der Waals surface area contributed by atoms with Gasteiger partial charge < -0.3 is 10.4 Å². The van der Waals surface area contributed by atoms with Crippen LogP contribution in [0.2, 0.25) is 0 Å². The Hall–Kier alpha value is -2.83. The fourth-order valence-corrected chi connectivity index (χ4v) is 3.76. The second-order valence-electron chi connectivity index (χ2n) is 5.84. The van der Waals surface area contributed by atoms with E-state index in [4.69, 9.17) is 15.1 Å². The second kappa shape index (κ2) is 7.59. The van der Waals surface area contributed by atoms with Crippen LogP contribution in [0, 0.1) is 0 Å². The van der Waals surface area contributed by atoms with Gasteiger partial charge in [-0.3, -0.25) is 4.98 Å². The van der Waals surface area contributed by atoms with Gasteiger partial charge in [-0.25, -0.2) is 9.97 Å². The molecule has 5 nitrogen and oxygen atoms in total. The highest BCUT2D eigenvalue weighted by atomic mass is 32.1. The number of aliphatic hydroxyl groups is 1. The molecule has 0 unspecified atom stereocenters. The van der Waals surface area contributed by atoms with E-state index in [1.54, 1.807) is 23.7 Å². The van der Waals surface area contributed by atoms with E-state index in [1.807, 2.05) is 30.3 Å². The minimum Gasteiger partial charge on any atom is -0.396 e. The van der Waals surface area contributed by atoms with Crippen molar-refractivity contribution in [2.24, 2.45) is 0 Å². The van der Waals surface area contributed by atoms with Crippen LogP contribution in [0.1, 0.15) is 6.42 Å². The van der Waals surface area contributed by atoms with Crippen molar-refractivity contribution in [1.29, 1.82) is 0 Å². The number of hydrogen-bond donors (Lipinski definition) is 2. The first kappa shape index (κ1) is 16.6. The van der Waals surface area contributed by atoms with E-state index in [1.165, 1.54) is 0 Å². The highest BCUT2D eigenvalue weighted by Crippen LogP contribution is 2.38. The first-order chi connectivity index (χ1) is 12.9. The first-order valence-corrected chi connectivity index (χ1v) is 9.34. The lowest BCUT2D eigenvalue weighted by atomic mass is 10.1. The van der Waals surface area contributed by atoms with Gasteiger partial charge in [0, 0.05) is 42.1 Å². The highest BCUT2D eigenvalue weighted by molar-refractivity contribution is 7.17. The predicted molar refractivity (Wildman–Crippen MR) is 106 cm³/mol. The van der Waals surface area contributed by atoms with Crippen molar-refractivity contribution in [2.45, 2.75) is 6.42 Å². The lowest BCUT2D eigenvalue weighted by Gasteiger charge is -2.10. The SMILES string of the molecule is OCCCNc1nc(-c2cccnc2)nc2scc(-c3ccccc3)c12. The van der Waals surface area contributed by atoms with Gasteiger partial charge in [0.2, 0.25) is 0 Å². The molecule has 0 saturated heterocycles. The minimum atomic E-state index is 0.145. The number of nitrogens with zero attached hydrogens (tertiary/aromatic N) is 3. The smallest absolute Gasteiger partial charge is 0.164 e. The third-order valence-electron chi connectivity index (χ3n) is 4.07. The molecule has 0 spiro atoms. The van der Waals surface area contributed by atoms with Gasteiger partial charge in [0.15, 0.2) is 5.82 Å². The summed E-state index contributed by atoms with van der Waals surface area (Å²) in [5, 5.41) is 15.6. The molecule has 4 rings (SSSR count). The molecular weight excluding hydrogens is 344 g/mol. The van der Waals surface area contributed by atoms with E-state index in [9.17, 15) is 0 Å². The van der Waals surface area contributed by atoms with Crippen molar-refractivity contribution in [1.82, 2.24) is 15.0 Å². The Morgan fingerprint density at radius 1 is 1.00 bits per heavy atom. The molecule has 130 valence electrons. The van der Waals surface area contributed by atoms with Gasteiger partial charge in [0.1, 0.15) is 10.6 Å². The number of nitrogens with one attached hydrogen (secondary N) is 1. The highest BCUT2D eigenvalue weighted by Gasteiger charge is 2.16. The summed E-state index contributed by atoms with van der Waals surface area (Å²) in [6.07, 6.45) is 4.17. The lowest BCUT2D eigenvalue weighted by molar-refractivity contribution is 0.292. The number of thiophene rings is 1.